The number of amides is 1. The molecular formula is C31H36FN3O3. The van der Waals surface area contributed by atoms with E-state index in [1.54, 1.807) is 17.0 Å². The van der Waals surface area contributed by atoms with Crippen LogP contribution in [0.15, 0.2) is 65.3 Å². The Hall–Kier alpha value is -3.61. The van der Waals surface area contributed by atoms with Crippen LogP contribution in [-0.2, 0) is 11.3 Å². The van der Waals surface area contributed by atoms with Crippen molar-refractivity contribution in [3.05, 3.63) is 77.3 Å². The van der Waals surface area contributed by atoms with Gasteiger partial charge in [-0.15, -0.1) is 0 Å². The van der Waals surface area contributed by atoms with Crippen molar-refractivity contribution in [3.8, 4) is 5.75 Å². The van der Waals surface area contributed by atoms with Crippen molar-refractivity contribution in [1.29, 1.82) is 0 Å². The van der Waals surface area contributed by atoms with Gasteiger partial charge in [0.25, 0.3) is 0 Å². The van der Waals surface area contributed by atoms with E-state index in [0.29, 0.717) is 13.1 Å². The van der Waals surface area contributed by atoms with Crippen LogP contribution in [0.3, 0.4) is 0 Å². The van der Waals surface area contributed by atoms with Crippen molar-refractivity contribution in [2.75, 3.05) is 11.4 Å². The normalized spacial score (nSPS) is 21.8. The maximum Gasteiger partial charge on any atom is 0.411 e. The van der Waals surface area contributed by atoms with E-state index >= 15 is 0 Å². The number of allylic oxidation sites excluding steroid dienone is 3. The molecule has 1 N–H and O–H groups in total. The summed E-state index contributed by atoms with van der Waals surface area (Å²) < 4.78 is 19.2. The summed E-state index contributed by atoms with van der Waals surface area (Å²) in [5.41, 5.74) is 4.65. The molecule has 0 spiro atoms. The number of ether oxygens (including phenoxy) is 1. The summed E-state index contributed by atoms with van der Waals surface area (Å²) in [6.45, 7) is 8.30. The van der Waals surface area contributed by atoms with Gasteiger partial charge in [0.1, 0.15) is 23.0 Å². The molecule has 1 aliphatic carbocycles. The lowest BCUT2D eigenvalue weighted by Crippen LogP contribution is -2.43. The Morgan fingerprint density at radius 2 is 1.84 bits per heavy atom. The second kappa shape index (κ2) is 10.3. The molecule has 2 aliphatic heterocycles. The SMILES string of the molecule is CC1CC=C(C2CC=C(c3ccc(F)cc3)CC2)N2C(=N1)CN(C(=O)OC(C)(C)C)Cc1cc(O)ccc12. The van der Waals surface area contributed by atoms with Gasteiger partial charge in [-0.3, -0.25) is 9.89 Å². The lowest BCUT2D eigenvalue weighted by atomic mass is 9.83. The molecule has 0 radical (unpaired) electrons. The fraction of sp³-hybridized carbons (Fsp3) is 0.419. The third-order valence-corrected chi connectivity index (χ3v) is 7.25. The number of aliphatic imine (C=N–C) groups is 1. The van der Waals surface area contributed by atoms with Crippen LogP contribution >= 0.6 is 0 Å². The minimum Gasteiger partial charge on any atom is -0.508 e. The molecule has 5 rings (SSSR count). The van der Waals surface area contributed by atoms with Crippen LogP contribution in [0.2, 0.25) is 0 Å². The molecule has 2 unspecified atom stereocenters. The third kappa shape index (κ3) is 5.62. The first-order valence-corrected chi connectivity index (χ1v) is 13.4. The minimum atomic E-state index is -0.620. The number of benzene rings is 2. The molecule has 0 saturated carbocycles. The third-order valence-electron chi connectivity index (χ3n) is 7.25. The zero-order valence-electron chi connectivity index (χ0n) is 22.6. The van der Waals surface area contributed by atoms with Crippen LogP contribution in [0, 0.1) is 11.7 Å². The summed E-state index contributed by atoms with van der Waals surface area (Å²) in [6.07, 6.45) is 7.69. The summed E-state index contributed by atoms with van der Waals surface area (Å²) in [7, 11) is 0. The Balaban J connectivity index is 1.50. The number of nitrogens with zero attached hydrogens (tertiary/aromatic N) is 3. The van der Waals surface area contributed by atoms with E-state index in [0.717, 1.165) is 48.3 Å². The molecule has 3 aliphatic rings. The zero-order valence-corrected chi connectivity index (χ0v) is 22.6. The van der Waals surface area contributed by atoms with E-state index in [9.17, 15) is 14.3 Å². The second-order valence-corrected chi connectivity index (χ2v) is 11.5. The molecule has 7 heteroatoms. The number of aromatic hydroxyl groups is 1. The summed E-state index contributed by atoms with van der Waals surface area (Å²) >= 11 is 0. The molecule has 2 heterocycles. The Bertz CT molecular complexity index is 1310. The van der Waals surface area contributed by atoms with E-state index in [4.69, 9.17) is 9.73 Å². The van der Waals surface area contributed by atoms with Crippen LogP contribution in [0.4, 0.5) is 14.9 Å². The number of phenols is 1. The van der Waals surface area contributed by atoms with E-state index in [2.05, 4.69) is 24.0 Å². The molecule has 0 bridgehead atoms. The maximum atomic E-state index is 13.4. The van der Waals surface area contributed by atoms with Gasteiger partial charge in [0.05, 0.1) is 24.8 Å². The number of carbonyl (C=O) groups excluding carboxylic acids is 1. The fourth-order valence-electron chi connectivity index (χ4n) is 5.47. The van der Waals surface area contributed by atoms with Crippen molar-refractivity contribution >= 4 is 23.2 Å². The van der Waals surface area contributed by atoms with Gasteiger partial charge < -0.3 is 14.7 Å². The number of amidine groups is 1. The smallest absolute Gasteiger partial charge is 0.411 e. The van der Waals surface area contributed by atoms with Gasteiger partial charge in [-0.05, 0) is 100 Å². The van der Waals surface area contributed by atoms with E-state index < -0.39 is 11.7 Å². The minimum absolute atomic E-state index is 0.0676. The molecule has 1 amide bonds. The zero-order chi connectivity index (χ0) is 27.0. The number of anilines is 1. The Labute approximate surface area is 224 Å². The molecule has 0 aromatic heterocycles. The van der Waals surface area contributed by atoms with Crippen LogP contribution in [0.5, 0.6) is 5.75 Å². The standard InChI is InChI=1S/C31H36FN3O3/c1-20-5-15-27(23-8-6-21(7-9-23)22-10-12-25(32)13-11-22)35-28-16-14-26(36)17-24(28)18-34(19-29(35)33-20)30(37)38-31(2,3)4/h6,10-17,20,23,36H,5,7-9,18-19H2,1-4H3. The van der Waals surface area contributed by atoms with Gasteiger partial charge in [0, 0.05) is 11.6 Å². The molecule has 200 valence electrons. The highest BCUT2D eigenvalue weighted by atomic mass is 19.1. The van der Waals surface area contributed by atoms with Gasteiger partial charge in [-0.25, -0.2) is 9.18 Å². The molecule has 2 aromatic carbocycles. The van der Waals surface area contributed by atoms with E-state index in [1.165, 1.54) is 23.4 Å². The number of phenolic OH excluding ortho intramolecular Hbond substituents is 1. The Morgan fingerprint density at radius 3 is 2.53 bits per heavy atom. The first kappa shape index (κ1) is 26.0. The molecule has 0 fully saturated rings. The monoisotopic (exact) mass is 517 g/mol. The van der Waals surface area contributed by atoms with Gasteiger partial charge in [0.15, 0.2) is 0 Å². The molecule has 38 heavy (non-hydrogen) atoms. The topological polar surface area (TPSA) is 65.4 Å². The highest BCUT2D eigenvalue weighted by Gasteiger charge is 2.35. The molecular weight excluding hydrogens is 481 g/mol. The molecule has 6 nitrogen and oxygen atoms in total. The number of halogens is 1. The van der Waals surface area contributed by atoms with Crippen molar-refractivity contribution < 1.29 is 19.0 Å². The lowest BCUT2D eigenvalue weighted by Gasteiger charge is -2.34. The molecule has 0 saturated heterocycles. The van der Waals surface area contributed by atoms with Crippen LogP contribution in [-0.4, -0.2) is 40.1 Å². The average Bonchev–Trinajstić information content (AvgIpc) is 3.11. The number of hydrogen-bond donors (Lipinski definition) is 1. The van der Waals surface area contributed by atoms with Crippen molar-refractivity contribution in [2.45, 2.75) is 71.6 Å². The fourth-order valence-corrected chi connectivity index (χ4v) is 5.47. The predicted octanol–water partition coefficient (Wildman–Crippen LogP) is 7.05. The highest BCUT2D eigenvalue weighted by Crippen LogP contribution is 2.41. The van der Waals surface area contributed by atoms with Crippen LogP contribution in [0.25, 0.3) is 5.57 Å². The first-order valence-electron chi connectivity index (χ1n) is 13.4. The predicted molar refractivity (Wildman–Crippen MR) is 149 cm³/mol. The first-order chi connectivity index (χ1) is 18.1. The van der Waals surface area contributed by atoms with Gasteiger partial charge in [-0.2, -0.15) is 0 Å². The summed E-state index contributed by atoms with van der Waals surface area (Å²) in [4.78, 5) is 22.1. The quantitative estimate of drug-likeness (QED) is 0.464. The van der Waals surface area contributed by atoms with Gasteiger partial charge >= 0.3 is 6.09 Å². The molecule has 2 atom stereocenters. The summed E-state index contributed by atoms with van der Waals surface area (Å²) in [5, 5.41) is 10.3. The molecule has 2 aromatic rings. The highest BCUT2D eigenvalue weighted by molar-refractivity contribution is 6.04. The summed E-state index contributed by atoms with van der Waals surface area (Å²) in [6, 6.07) is 12.1. The average molecular weight is 518 g/mol. The van der Waals surface area contributed by atoms with Gasteiger partial charge in [0.2, 0.25) is 0 Å². The summed E-state index contributed by atoms with van der Waals surface area (Å²) in [5.74, 6) is 1.01. The maximum absolute atomic E-state index is 13.4. The largest absolute Gasteiger partial charge is 0.508 e. The van der Waals surface area contributed by atoms with Crippen molar-refractivity contribution in [3.63, 3.8) is 0 Å². The number of rotatable bonds is 2. The Kier molecular flexibility index (Phi) is 7.03. The second-order valence-electron chi connectivity index (χ2n) is 11.5. The Morgan fingerprint density at radius 1 is 1.08 bits per heavy atom. The van der Waals surface area contributed by atoms with E-state index in [1.807, 2.05) is 39.0 Å². The number of hydrogen-bond acceptors (Lipinski definition) is 5. The van der Waals surface area contributed by atoms with Crippen molar-refractivity contribution in [1.82, 2.24) is 4.90 Å². The number of fused-ring (bicyclic) bond motifs is 3. The number of carbonyl (C=O) groups is 1. The van der Waals surface area contributed by atoms with Crippen LogP contribution in [0.1, 0.15) is 64.5 Å². The van der Waals surface area contributed by atoms with Gasteiger partial charge in [-0.1, -0.05) is 24.3 Å². The lowest BCUT2D eigenvalue weighted by molar-refractivity contribution is 0.0265. The van der Waals surface area contributed by atoms with Crippen LogP contribution < -0.4 is 4.90 Å². The van der Waals surface area contributed by atoms with Crippen molar-refractivity contribution in [2.24, 2.45) is 10.9 Å². The van der Waals surface area contributed by atoms with E-state index in [-0.39, 0.29) is 23.5 Å².